The zero-order valence-corrected chi connectivity index (χ0v) is 12.3. The fourth-order valence-electron chi connectivity index (χ4n) is 2.40. The lowest BCUT2D eigenvalue weighted by atomic mass is 10.0. The van der Waals surface area contributed by atoms with E-state index in [1.54, 1.807) is 12.1 Å². The Bertz CT molecular complexity index is 916. The summed E-state index contributed by atoms with van der Waals surface area (Å²) in [7, 11) is 0. The molecule has 1 amide bonds. The Balaban J connectivity index is 2.13. The van der Waals surface area contributed by atoms with Gasteiger partial charge in [0, 0.05) is 16.6 Å². The second kappa shape index (κ2) is 6.23. The molecule has 0 spiro atoms. The third kappa shape index (κ3) is 3.01. The van der Waals surface area contributed by atoms with Gasteiger partial charge >= 0.3 is 0 Å². The molecule has 2 aromatic carbocycles. The summed E-state index contributed by atoms with van der Waals surface area (Å²) in [6, 6.07) is 16.8. The smallest absolute Gasteiger partial charge is 0.247 e. The van der Waals surface area contributed by atoms with Crippen LogP contribution in [-0.4, -0.2) is 17.2 Å². The van der Waals surface area contributed by atoms with Crippen LogP contribution in [0.5, 0.6) is 0 Å². The molecule has 23 heavy (non-hydrogen) atoms. The Morgan fingerprint density at radius 2 is 1.91 bits per heavy atom. The summed E-state index contributed by atoms with van der Waals surface area (Å²) >= 11 is 0. The Hall–Kier alpha value is -3.27. The number of nitrogens with one attached hydrogen (secondary N) is 1. The number of aldehydes is 1. The number of benzene rings is 2. The van der Waals surface area contributed by atoms with Crippen molar-refractivity contribution in [2.24, 2.45) is 0 Å². The molecule has 0 unspecified atom stereocenters. The van der Waals surface area contributed by atoms with Crippen LogP contribution in [0, 0.1) is 0 Å². The summed E-state index contributed by atoms with van der Waals surface area (Å²) in [5.41, 5.74) is 2.68. The molecule has 0 saturated heterocycles. The molecule has 0 radical (unpaired) electrons. The van der Waals surface area contributed by atoms with Crippen molar-refractivity contribution in [3.63, 3.8) is 0 Å². The van der Waals surface area contributed by atoms with Crippen molar-refractivity contribution < 1.29 is 9.59 Å². The number of carbonyl (C=O) groups is 2. The molecular weight excluding hydrogens is 288 g/mol. The fourth-order valence-corrected chi connectivity index (χ4v) is 2.40. The molecule has 0 bridgehead atoms. The molecule has 4 nitrogen and oxygen atoms in total. The SMILES string of the molecule is C=CC(=O)Nc1cccc2ccc(-c3cccc(C=O)n3)cc12. The van der Waals surface area contributed by atoms with E-state index < -0.39 is 0 Å². The average molecular weight is 302 g/mol. The summed E-state index contributed by atoms with van der Waals surface area (Å²) in [5, 5.41) is 4.71. The van der Waals surface area contributed by atoms with Crippen LogP contribution >= 0.6 is 0 Å². The minimum atomic E-state index is -0.260. The van der Waals surface area contributed by atoms with Gasteiger partial charge in [-0.3, -0.25) is 9.59 Å². The number of nitrogens with zero attached hydrogens (tertiary/aromatic N) is 1. The first-order chi connectivity index (χ1) is 11.2. The van der Waals surface area contributed by atoms with Crippen molar-refractivity contribution in [1.29, 1.82) is 0 Å². The second-order valence-corrected chi connectivity index (χ2v) is 5.00. The van der Waals surface area contributed by atoms with Crippen LogP contribution in [0.3, 0.4) is 0 Å². The maximum atomic E-state index is 11.6. The molecule has 0 saturated carbocycles. The van der Waals surface area contributed by atoms with Crippen LogP contribution in [-0.2, 0) is 4.79 Å². The van der Waals surface area contributed by atoms with Crippen LogP contribution < -0.4 is 5.32 Å². The van der Waals surface area contributed by atoms with E-state index in [9.17, 15) is 9.59 Å². The Labute approximate surface area is 133 Å². The fraction of sp³-hybridized carbons (Fsp3) is 0. The maximum Gasteiger partial charge on any atom is 0.247 e. The van der Waals surface area contributed by atoms with Gasteiger partial charge < -0.3 is 5.32 Å². The highest BCUT2D eigenvalue weighted by molar-refractivity contribution is 6.06. The zero-order chi connectivity index (χ0) is 16.2. The number of carbonyl (C=O) groups excluding carboxylic acids is 2. The Morgan fingerprint density at radius 1 is 1.09 bits per heavy atom. The van der Waals surface area contributed by atoms with Crippen molar-refractivity contribution in [3.8, 4) is 11.3 Å². The van der Waals surface area contributed by atoms with Crippen molar-refractivity contribution in [3.05, 3.63) is 72.9 Å². The van der Waals surface area contributed by atoms with E-state index >= 15 is 0 Å². The van der Waals surface area contributed by atoms with E-state index in [4.69, 9.17) is 0 Å². The predicted molar refractivity (Wildman–Crippen MR) is 91.4 cm³/mol. The van der Waals surface area contributed by atoms with Crippen LogP contribution in [0.15, 0.2) is 67.3 Å². The number of rotatable bonds is 4. The van der Waals surface area contributed by atoms with Crippen molar-refractivity contribution in [1.82, 2.24) is 4.98 Å². The number of fused-ring (bicyclic) bond motifs is 1. The normalized spacial score (nSPS) is 10.3. The van der Waals surface area contributed by atoms with Crippen LogP contribution in [0.4, 0.5) is 5.69 Å². The second-order valence-electron chi connectivity index (χ2n) is 5.00. The predicted octanol–water partition coefficient (Wildman–Crippen LogP) is 3.84. The monoisotopic (exact) mass is 302 g/mol. The lowest BCUT2D eigenvalue weighted by Crippen LogP contribution is -2.07. The Morgan fingerprint density at radius 3 is 2.70 bits per heavy atom. The third-order valence-electron chi connectivity index (χ3n) is 3.51. The van der Waals surface area contributed by atoms with Crippen molar-refractivity contribution >= 4 is 28.7 Å². The summed E-state index contributed by atoms with van der Waals surface area (Å²) in [4.78, 5) is 26.8. The first kappa shape index (κ1) is 14.7. The van der Waals surface area contributed by atoms with Gasteiger partial charge in [0.05, 0.1) is 5.69 Å². The van der Waals surface area contributed by atoms with E-state index in [2.05, 4.69) is 16.9 Å². The first-order valence-electron chi connectivity index (χ1n) is 7.10. The minimum absolute atomic E-state index is 0.260. The van der Waals surface area contributed by atoms with Gasteiger partial charge in [0.25, 0.3) is 0 Å². The van der Waals surface area contributed by atoms with E-state index in [1.165, 1.54) is 6.08 Å². The highest BCUT2D eigenvalue weighted by Gasteiger charge is 2.07. The number of amides is 1. The standard InChI is InChI=1S/C19H14N2O2/c1-2-19(23)21-18-8-3-5-13-9-10-14(11-16(13)18)17-7-4-6-15(12-22)20-17/h2-12H,1H2,(H,21,23). The van der Waals surface area contributed by atoms with Crippen molar-refractivity contribution in [2.45, 2.75) is 0 Å². The molecule has 0 aliphatic rings. The van der Waals surface area contributed by atoms with Gasteiger partial charge in [-0.15, -0.1) is 0 Å². The van der Waals surface area contributed by atoms with Gasteiger partial charge in [0.1, 0.15) is 5.69 Å². The topological polar surface area (TPSA) is 59.1 Å². The van der Waals surface area contributed by atoms with Crippen molar-refractivity contribution in [2.75, 3.05) is 5.32 Å². The molecular formula is C19H14N2O2. The highest BCUT2D eigenvalue weighted by atomic mass is 16.1. The quantitative estimate of drug-likeness (QED) is 0.588. The van der Waals surface area contributed by atoms with Gasteiger partial charge in [0.2, 0.25) is 5.91 Å². The van der Waals surface area contributed by atoms with Crippen LogP contribution in [0.25, 0.3) is 22.0 Å². The molecule has 3 aromatic rings. The lowest BCUT2D eigenvalue weighted by Gasteiger charge is -2.09. The lowest BCUT2D eigenvalue weighted by molar-refractivity contribution is -0.111. The van der Waals surface area contributed by atoms with E-state index in [0.29, 0.717) is 17.1 Å². The number of hydrogen-bond donors (Lipinski definition) is 1. The molecule has 1 heterocycles. The molecule has 0 atom stereocenters. The van der Waals surface area contributed by atoms with Gasteiger partial charge in [-0.05, 0) is 35.7 Å². The number of aromatic nitrogens is 1. The highest BCUT2D eigenvalue weighted by Crippen LogP contribution is 2.28. The minimum Gasteiger partial charge on any atom is -0.322 e. The molecule has 4 heteroatoms. The summed E-state index contributed by atoms with van der Waals surface area (Å²) in [6.07, 6.45) is 1.96. The maximum absolute atomic E-state index is 11.6. The molecule has 1 N–H and O–H groups in total. The summed E-state index contributed by atoms with van der Waals surface area (Å²) < 4.78 is 0. The Kier molecular flexibility index (Phi) is 3.97. The average Bonchev–Trinajstić information content (AvgIpc) is 2.61. The molecule has 1 aromatic heterocycles. The van der Waals surface area contributed by atoms with Gasteiger partial charge in [-0.1, -0.05) is 36.9 Å². The van der Waals surface area contributed by atoms with Gasteiger partial charge in [0.15, 0.2) is 6.29 Å². The molecule has 0 aliphatic heterocycles. The largest absolute Gasteiger partial charge is 0.322 e. The van der Waals surface area contributed by atoms with E-state index in [0.717, 1.165) is 22.6 Å². The molecule has 112 valence electrons. The van der Waals surface area contributed by atoms with Gasteiger partial charge in [-0.25, -0.2) is 4.98 Å². The summed E-state index contributed by atoms with van der Waals surface area (Å²) in [6.45, 7) is 3.47. The molecule has 0 fully saturated rings. The molecule has 0 aliphatic carbocycles. The first-order valence-corrected chi connectivity index (χ1v) is 7.10. The number of hydrogen-bond acceptors (Lipinski definition) is 3. The number of pyridine rings is 1. The van der Waals surface area contributed by atoms with Gasteiger partial charge in [-0.2, -0.15) is 0 Å². The zero-order valence-electron chi connectivity index (χ0n) is 12.3. The van der Waals surface area contributed by atoms with E-state index in [1.807, 2.05) is 42.5 Å². The molecule has 3 rings (SSSR count). The summed E-state index contributed by atoms with van der Waals surface area (Å²) in [5.74, 6) is -0.260. The third-order valence-corrected chi connectivity index (χ3v) is 3.51. The van der Waals surface area contributed by atoms with Crippen LogP contribution in [0.1, 0.15) is 10.5 Å². The van der Waals surface area contributed by atoms with E-state index in [-0.39, 0.29) is 5.91 Å². The number of anilines is 1. The van der Waals surface area contributed by atoms with Crippen LogP contribution in [0.2, 0.25) is 0 Å².